The Bertz CT molecular complexity index is 691. The van der Waals surface area contributed by atoms with Gasteiger partial charge in [0.1, 0.15) is 12.4 Å². The number of rotatable bonds is 2. The van der Waals surface area contributed by atoms with Gasteiger partial charge in [-0.25, -0.2) is 0 Å². The Morgan fingerprint density at radius 3 is 3.09 bits per heavy atom. The summed E-state index contributed by atoms with van der Waals surface area (Å²) in [6.45, 7) is 0.428. The monoisotopic (exact) mass is 309 g/mol. The molecule has 1 aromatic rings. The van der Waals surface area contributed by atoms with Gasteiger partial charge in [-0.1, -0.05) is 19.3 Å². The quantitative estimate of drug-likeness (QED) is 0.828. The molecule has 0 amide bonds. The number of hydrogen-bond donors (Lipinski definition) is 0. The SMILES string of the molecule is O=C(C1=Cc2cnccc2OC1)C12CC3CCCC(C1)C(C3)C2. The van der Waals surface area contributed by atoms with Crippen molar-refractivity contribution in [2.45, 2.75) is 44.9 Å². The van der Waals surface area contributed by atoms with Crippen molar-refractivity contribution in [1.82, 2.24) is 4.98 Å². The predicted molar refractivity (Wildman–Crippen MR) is 87.9 cm³/mol. The van der Waals surface area contributed by atoms with Crippen LogP contribution in [0.5, 0.6) is 5.75 Å². The maximum absolute atomic E-state index is 13.4. The minimum Gasteiger partial charge on any atom is -0.488 e. The highest BCUT2D eigenvalue weighted by atomic mass is 16.5. The van der Waals surface area contributed by atoms with Crippen molar-refractivity contribution in [1.29, 1.82) is 0 Å². The molecule has 3 fully saturated rings. The number of carbonyl (C=O) groups is 1. The van der Waals surface area contributed by atoms with E-state index >= 15 is 0 Å². The fourth-order valence-electron chi connectivity index (χ4n) is 5.92. The zero-order chi connectivity index (χ0) is 15.4. The molecule has 0 spiro atoms. The van der Waals surface area contributed by atoms with Crippen LogP contribution in [0.4, 0.5) is 0 Å². The molecule has 1 aromatic heterocycles. The second-order valence-corrected chi connectivity index (χ2v) is 8.15. The molecule has 0 aromatic carbocycles. The first-order valence-corrected chi connectivity index (χ1v) is 9.06. The number of aromatic nitrogens is 1. The number of hydrogen-bond acceptors (Lipinski definition) is 3. The minimum atomic E-state index is -0.0758. The van der Waals surface area contributed by atoms with Crippen LogP contribution in [0.25, 0.3) is 6.08 Å². The molecule has 3 nitrogen and oxygen atoms in total. The van der Waals surface area contributed by atoms with Crippen LogP contribution in [-0.2, 0) is 4.79 Å². The molecule has 4 atom stereocenters. The molecule has 0 saturated heterocycles. The average Bonchev–Trinajstić information content (AvgIpc) is 2.75. The number of fused-ring (bicyclic) bond motifs is 3. The Labute approximate surface area is 137 Å². The molecule has 120 valence electrons. The number of Topliss-reactive ketones (excluding diaryl/α,β-unsaturated/α-hetero) is 1. The molecule has 3 aliphatic carbocycles. The molecule has 4 aliphatic rings. The summed E-state index contributed by atoms with van der Waals surface area (Å²) in [7, 11) is 0. The van der Waals surface area contributed by atoms with Crippen LogP contribution in [-0.4, -0.2) is 17.4 Å². The molecule has 4 unspecified atom stereocenters. The maximum Gasteiger partial charge on any atom is 0.168 e. The van der Waals surface area contributed by atoms with Crippen molar-refractivity contribution >= 4 is 11.9 Å². The lowest BCUT2D eigenvalue weighted by molar-refractivity contribution is -0.127. The summed E-state index contributed by atoms with van der Waals surface area (Å²) in [5.41, 5.74) is 1.74. The van der Waals surface area contributed by atoms with Gasteiger partial charge in [0.2, 0.25) is 0 Å². The van der Waals surface area contributed by atoms with Gasteiger partial charge in [-0.2, -0.15) is 0 Å². The smallest absolute Gasteiger partial charge is 0.168 e. The summed E-state index contributed by atoms with van der Waals surface area (Å²) in [6.07, 6.45) is 14.4. The van der Waals surface area contributed by atoms with Gasteiger partial charge < -0.3 is 4.74 Å². The first-order chi connectivity index (χ1) is 11.2. The Balaban J connectivity index is 1.49. The van der Waals surface area contributed by atoms with Gasteiger partial charge in [0.05, 0.1) is 0 Å². The van der Waals surface area contributed by atoms with Gasteiger partial charge in [-0.15, -0.1) is 0 Å². The standard InChI is InChI=1S/C20H23NO2/c22-19(17-7-16-11-21-5-4-18(16)23-12-17)20-8-13-2-1-3-14(9-20)15(6-13)10-20/h4-5,7,11,13-15H,1-3,6,8-10,12H2. The van der Waals surface area contributed by atoms with Crippen LogP contribution in [0.1, 0.15) is 50.5 Å². The van der Waals surface area contributed by atoms with Crippen molar-refractivity contribution in [2.75, 3.05) is 6.61 Å². The van der Waals surface area contributed by atoms with E-state index in [1.165, 1.54) is 25.7 Å². The minimum absolute atomic E-state index is 0.0758. The third kappa shape index (κ3) is 2.09. The summed E-state index contributed by atoms with van der Waals surface area (Å²) >= 11 is 0. The number of ether oxygens (including phenoxy) is 1. The molecular weight excluding hydrogens is 286 g/mol. The van der Waals surface area contributed by atoms with E-state index in [0.717, 1.165) is 53.9 Å². The normalized spacial score (nSPS) is 37.6. The fraction of sp³-hybridized carbons (Fsp3) is 0.600. The second-order valence-electron chi connectivity index (χ2n) is 8.15. The summed E-state index contributed by atoms with van der Waals surface area (Å²) < 4.78 is 5.82. The van der Waals surface area contributed by atoms with Gasteiger partial charge in [-0.3, -0.25) is 9.78 Å². The first kappa shape index (κ1) is 13.8. The molecule has 23 heavy (non-hydrogen) atoms. The first-order valence-electron chi connectivity index (χ1n) is 9.06. The molecule has 1 aliphatic heterocycles. The Morgan fingerprint density at radius 1 is 1.22 bits per heavy atom. The molecule has 3 saturated carbocycles. The summed E-state index contributed by atoms with van der Waals surface area (Å²) in [5, 5.41) is 0. The molecule has 3 heteroatoms. The maximum atomic E-state index is 13.4. The Morgan fingerprint density at radius 2 is 2.13 bits per heavy atom. The number of nitrogens with zero attached hydrogens (tertiary/aromatic N) is 1. The van der Waals surface area contributed by atoms with Gasteiger partial charge >= 0.3 is 0 Å². The third-order valence-corrected chi connectivity index (χ3v) is 6.77. The van der Waals surface area contributed by atoms with Crippen molar-refractivity contribution in [3.63, 3.8) is 0 Å². The number of pyridine rings is 1. The van der Waals surface area contributed by atoms with Crippen LogP contribution < -0.4 is 4.74 Å². The third-order valence-electron chi connectivity index (χ3n) is 6.77. The highest BCUT2D eigenvalue weighted by molar-refractivity contribution is 6.04. The number of carbonyl (C=O) groups excluding carboxylic acids is 1. The Hall–Kier alpha value is -1.64. The summed E-state index contributed by atoms with van der Waals surface area (Å²) in [4.78, 5) is 17.6. The molecule has 2 heterocycles. The van der Waals surface area contributed by atoms with E-state index in [1.807, 2.05) is 12.1 Å². The van der Waals surface area contributed by atoms with E-state index in [4.69, 9.17) is 4.74 Å². The van der Waals surface area contributed by atoms with Crippen molar-refractivity contribution in [3.8, 4) is 5.75 Å². The van der Waals surface area contributed by atoms with Gasteiger partial charge in [0, 0.05) is 28.9 Å². The lowest BCUT2D eigenvalue weighted by atomic mass is 9.66. The van der Waals surface area contributed by atoms with E-state index in [0.29, 0.717) is 12.4 Å². The van der Waals surface area contributed by atoms with Crippen LogP contribution in [0, 0.1) is 23.2 Å². The van der Waals surface area contributed by atoms with Crippen molar-refractivity contribution < 1.29 is 9.53 Å². The van der Waals surface area contributed by atoms with E-state index in [-0.39, 0.29) is 5.41 Å². The second kappa shape index (κ2) is 4.93. The molecule has 3 bridgehead atoms. The van der Waals surface area contributed by atoms with Crippen LogP contribution >= 0.6 is 0 Å². The zero-order valence-electron chi connectivity index (χ0n) is 13.5. The van der Waals surface area contributed by atoms with E-state index < -0.39 is 0 Å². The lowest BCUT2D eigenvalue weighted by Crippen LogP contribution is -2.37. The summed E-state index contributed by atoms with van der Waals surface area (Å²) in [6, 6.07) is 1.88. The van der Waals surface area contributed by atoms with Crippen LogP contribution in [0.15, 0.2) is 24.0 Å². The van der Waals surface area contributed by atoms with Gasteiger partial charge in [-0.05, 0) is 55.6 Å². The number of ketones is 1. The largest absolute Gasteiger partial charge is 0.488 e. The highest BCUT2D eigenvalue weighted by Crippen LogP contribution is 2.61. The fourth-order valence-corrected chi connectivity index (χ4v) is 5.92. The topological polar surface area (TPSA) is 39.2 Å². The van der Waals surface area contributed by atoms with Gasteiger partial charge in [0.15, 0.2) is 5.78 Å². The predicted octanol–water partition coefficient (Wildman–Crippen LogP) is 4.03. The zero-order valence-corrected chi connectivity index (χ0v) is 13.5. The van der Waals surface area contributed by atoms with Crippen LogP contribution in [0.2, 0.25) is 0 Å². The van der Waals surface area contributed by atoms with E-state index in [9.17, 15) is 4.79 Å². The molecule has 5 rings (SSSR count). The Kier molecular flexibility index (Phi) is 2.95. The van der Waals surface area contributed by atoms with E-state index in [2.05, 4.69) is 4.98 Å². The van der Waals surface area contributed by atoms with Crippen molar-refractivity contribution in [2.24, 2.45) is 23.2 Å². The molecule has 0 N–H and O–H groups in total. The molecular formula is C20H23NO2. The van der Waals surface area contributed by atoms with E-state index in [1.54, 1.807) is 12.4 Å². The average molecular weight is 309 g/mol. The molecule has 0 radical (unpaired) electrons. The van der Waals surface area contributed by atoms with Gasteiger partial charge in [0.25, 0.3) is 0 Å². The highest BCUT2D eigenvalue weighted by Gasteiger charge is 2.55. The van der Waals surface area contributed by atoms with Crippen LogP contribution in [0.3, 0.4) is 0 Å². The lowest BCUT2D eigenvalue weighted by Gasteiger charge is -2.37. The van der Waals surface area contributed by atoms with Crippen molar-refractivity contribution in [3.05, 3.63) is 29.6 Å². The summed E-state index contributed by atoms with van der Waals surface area (Å²) in [5.74, 6) is 3.61.